The molecule has 1 saturated heterocycles. The minimum atomic E-state index is -3.37. The van der Waals surface area contributed by atoms with Crippen LogP contribution in [0.2, 0.25) is 0 Å². The number of nitrogens with one attached hydrogen (secondary N) is 1. The van der Waals surface area contributed by atoms with Gasteiger partial charge in [0.2, 0.25) is 10.0 Å². The zero-order chi connectivity index (χ0) is 21.0. The highest BCUT2D eigenvalue weighted by atomic mass is 32.2. The van der Waals surface area contributed by atoms with Crippen LogP contribution >= 0.6 is 0 Å². The highest BCUT2D eigenvalue weighted by Gasteiger charge is 2.30. The summed E-state index contributed by atoms with van der Waals surface area (Å²) in [4.78, 5) is 13.0. The van der Waals surface area contributed by atoms with Crippen LogP contribution in [0.25, 0.3) is 0 Å². The Balaban J connectivity index is 1.51. The van der Waals surface area contributed by atoms with E-state index < -0.39 is 10.0 Å². The fraction of sp³-hybridized carbons (Fsp3) is 0.318. The Morgan fingerprint density at radius 2 is 2.00 bits per heavy atom. The zero-order valence-electron chi connectivity index (χ0n) is 16.9. The van der Waals surface area contributed by atoms with E-state index in [1.807, 2.05) is 49.4 Å². The van der Waals surface area contributed by atoms with Crippen LogP contribution in [0.15, 0.2) is 61.1 Å². The number of benzene rings is 1. The Hall–Kier alpha value is -2.84. The molecule has 1 aliphatic rings. The van der Waals surface area contributed by atoms with Crippen molar-refractivity contribution in [3.63, 3.8) is 0 Å². The lowest BCUT2D eigenvalue weighted by molar-refractivity contribution is 0.312. The number of pyridine rings is 1. The lowest BCUT2D eigenvalue weighted by Gasteiger charge is -2.32. The zero-order valence-corrected chi connectivity index (χ0v) is 17.7. The molecule has 0 amide bonds. The summed E-state index contributed by atoms with van der Waals surface area (Å²) < 4.78 is 27.6. The third-order valence-electron chi connectivity index (χ3n) is 5.20. The largest absolute Gasteiger partial charge is 0.339 e. The third kappa shape index (κ3) is 5.01. The maximum atomic E-state index is 13.0. The number of aryl methyl sites for hydroxylation is 1. The Morgan fingerprint density at radius 3 is 2.77 bits per heavy atom. The van der Waals surface area contributed by atoms with Crippen molar-refractivity contribution in [3.05, 3.63) is 78.0 Å². The fourth-order valence-electron chi connectivity index (χ4n) is 3.80. The summed E-state index contributed by atoms with van der Waals surface area (Å²) in [6.45, 7) is 2.95. The lowest BCUT2D eigenvalue weighted by Crippen LogP contribution is -2.40. The lowest BCUT2D eigenvalue weighted by atomic mass is 9.95. The van der Waals surface area contributed by atoms with Crippen LogP contribution in [-0.2, 0) is 15.8 Å². The van der Waals surface area contributed by atoms with E-state index in [0.29, 0.717) is 18.9 Å². The van der Waals surface area contributed by atoms with Crippen LogP contribution in [0, 0.1) is 6.92 Å². The van der Waals surface area contributed by atoms with Crippen LogP contribution in [0.3, 0.4) is 0 Å². The number of nitrogens with zero attached hydrogens (tertiary/aromatic N) is 4. The number of aromatic nitrogens is 3. The average Bonchev–Trinajstić information content (AvgIpc) is 2.75. The van der Waals surface area contributed by atoms with Crippen molar-refractivity contribution in [1.29, 1.82) is 0 Å². The predicted octanol–water partition coefficient (Wildman–Crippen LogP) is 3.63. The van der Waals surface area contributed by atoms with E-state index in [1.54, 1.807) is 22.9 Å². The molecule has 7 nitrogen and oxygen atoms in total. The van der Waals surface area contributed by atoms with E-state index >= 15 is 0 Å². The molecule has 0 bridgehead atoms. The Kier molecular flexibility index (Phi) is 6.06. The van der Waals surface area contributed by atoms with Gasteiger partial charge < -0.3 is 5.32 Å². The van der Waals surface area contributed by atoms with Gasteiger partial charge in [0, 0.05) is 48.5 Å². The number of hydrogen-bond acceptors (Lipinski definition) is 6. The molecular weight excluding hydrogens is 398 g/mol. The Morgan fingerprint density at radius 1 is 1.17 bits per heavy atom. The van der Waals surface area contributed by atoms with Gasteiger partial charge in [0.15, 0.2) is 0 Å². The van der Waals surface area contributed by atoms with Crippen molar-refractivity contribution in [1.82, 2.24) is 19.3 Å². The summed E-state index contributed by atoms with van der Waals surface area (Å²) in [7, 11) is -3.37. The average molecular weight is 424 g/mol. The summed E-state index contributed by atoms with van der Waals surface area (Å²) in [5.41, 5.74) is 3.47. The van der Waals surface area contributed by atoms with Crippen molar-refractivity contribution in [2.45, 2.75) is 31.4 Å². The Bertz CT molecular complexity index is 1090. The molecular formula is C22H25N5O2S. The van der Waals surface area contributed by atoms with Gasteiger partial charge in [-0.05, 0) is 37.5 Å². The van der Waals surface area contributed by atoms with Gasteiger partial charge in [0.1, 0.15) is 5.82 Å². The van der Waals surface area contributed by atoms with E-state index in [-0.39, 0.29) is 11.7 Å². The summed E-state index contributed by atoms with van der Waals surface area (Å²) in [6, 6.07) is 13.3. The monoisotopic (exact) mass is 423 g/mol. The molecule has 0 aliphatic carbocycles. The SMILES string of the molecule is Cc1cc(Nc2cnccn2)cc(C2CCCN(S(=O)(=O)Cc3ccccc3)C2)n1. The van der Waals surface area contributed by atoms with Gasteiger partial charge in [-0.1, -0.05) is 30.3 Å². The highest BCUT2D eigenvalue weighted by Crippen LogP contribution is 2.30. The number of anilines is 2. The molecule has 3 heterocycles. The maximum Gasteiger partial charge on any atom is 0.218 e. The summed E-state index contributed by atoms with van der Waals surface area (Å²) >= 11 is 0. The fourth-order valence-corrected chi connectivity index (χ4v) is 5.41. The molecule has 0 spiro atoms. The maximum absolute atomic E-state index is 13.0. The molecule has 2 aromatic heterocycles. The topological polar surface area (TPSA) is 88.1 Å². The molecule has 1 fully saturated rings. The second-order valence-electron chi connectivity index (χ2n) is 7.58. The first-order valence-corrected chi connectivity index (χ1v) is 11.6. The molecule has 4 rings (SSSR count). The molecule has 156 valence electrons. The normalized spacial score (nSPS) is 17.6. The first-order valence-electron chi connectivity index (χ1n) is 10.0. The minimum absolute atomic E-state index is 0.0291. The standard InChI is InChI=1S/C22H25N5O2S/c1-17-12-20(26-22-14-23-9-10-24-22)13-21(25-17)19-8-5-11-27(15-19)30(28,29)16-18-6-3-2-4-7-18/h2-4,6-7,9-10,12-14,19H,5,8,11,15-16H2,1H3,(H,24,25,26). The molecule has 3 aromatic rings. The highest BCUT2D eigenvalue weighted by molar-refractivity contribution is 7.88. The minimum Gasteiger partial charge on any atom is -0.339 e. The van der Waals surface area contributed by atoms with Gasteiger partial charge in [-0.2, -0.15) is 0 Å². The molecule has 0 saturated carbocycles. The number of hydrogen-bond donors (Lipinski definition) is 1. The van der Waals surface area contributed by atoms with Crippen molar-refractivity contribution >= 4 is 21.5 Å². The molecule has 1 aliphatic heterocycles. The predicted molar refractivity (Wildman–Crippen MR) is 117 cm³/mol. The Labute approximate surface area is 177 Å². The molecule has 30 heavy (non-hydrogen) atoms. The molecule has 0 radical (unpaired) electrons. The molecule has 1 unspecified atom stereocenters. The second-order valence-corrected chi connectivity index (χ2v) is 9.55. The van der Waals surface area contributed by atoms with Crippen LogP contribution in [0.4, 0.5) is 11.5 Å². The smallest absolute Gasteiger partial charge is 0.218 e. The first kappa shape index (κ1) is 20.4. The van der Waals surface area contributed by atoms with Gasteiger partial charge in [-0.15, -0.1) is 0 Å². The van der Waals surface area contributed by atoms with Gasteiger partial charge in [-0.3, -0.25) is 9.97 Å². The molecule has 1 N–H and O–H groups in total. The van der Waals surface area contributed by atoms with E-state index in [1.165, 1.54) is 0 Å². The van der Waals surface area contributed by atoms with Crippen molar-refractivity contribution in [2.75, 3.05) is 18.4 Å². The van der Waals surface area contributed by atoms with E-state index in [0.717, 1.165) is 35.5 Å². The molecule has 8 heteroatoms. The second kappa shape index (κ2) is 8.89. The van der Waals surface area contributed by atoms with E-state index in [9.17, 15) is 8.42 Å². The van der Waals surface area contributed by atoms with Crippen LogP contribution < -0.4 is 5.32 Å². The van der Waals surface area contributed by atoms with Gasteiger partial charge in [-0.25, -0.2) is 17.7 Å². The number of sulfonamides is 1. The van der Waals surface area contributed by atoms with Gasteiger partial charge >= 0.3 is 0 Å². The summed E-state index contributed by atoms with van der Waals surface area (Å²) in [5.74, 6) is 0.748. The van der Waals surface area contributed by atoms with Gasteiger partial charge in [0.05, 0.1) is 11.9 Å². The summed E-state index contributed by atoms with van der Waals surface area (Å²) in [5, 5.41) is 3.25. The van der Waals surface area contributed by atoms with Crippen LogP contribution in [0.5, 0.6) is 0 Å². The van der Waals surface area contributed by atoms with Crippen molar-refractivity contribution in [2.24, 2.45) is 0 Å². The molecule has 1 aromatic carbocycles. The quantitative estimate of drug-likeness (QED) is 0.651. The number of piperidine rings is 1. The van der Waals surface area contributed by atoms with Crippen LogP contribution in [0.1, 0.15) is 35.7 Å². The molecule has 1 atom stereocenters. The first-order chi connectivity index (χ1) is 14.5. The van der Waals surface area contributed by atoms with Crippen LogP contribution in [-0.4, -0.2) is 40.8 Å². The van der Waals surface area contributed by atoms with Crippen molar-refractivity contribution in [3.8, 4) is 0 Å². The number of rotatable bonds is 6. The third-order valence-corrected chi connectivity index (χ3v) is 7.01. The van der Waals surface area contributed by atoms with Gasteiger partial charge in [0.25, 0.3) is 0 Å². The van der Waals surface area contributed by atoms with E-state index in [2.05, 4.69) is 15.3 Å². The van der Waals surface area contributed by atoms with Crippen molar-refractivity contribution < 1.29 is 8.42 Å². The summed E-state index contributed by atoms with van der Waals surface area (Å²) in [6.07, 6.45) is 6.66. The van der Waals surface area contributed by atoms with E-state index in [4.69, 9.17) is 4.98 Å².